The molecule has 0 saturated carbocycles. The van der Waals surface area contributed by atoms with Crippen molar-refractivity contribution in [1.29, 1.82) is 0 Å². The molecule has 0 aromatic heterocycles. The Morgan fingerprint density at radius 3 is 2.50 bits per heavy atom. The van der Waals surface area contributed by atoms with E-state index in [1.807, 2.05) is 0 Å². The third kappa shape index (κ3) is 3.57. The molecule has 4 unspecified atom stereocenters. The van der Waals surface area contributed by atoms with Gasteiger partial charge in [-0.15, -0.1) is 0 Å². The number of benzene rings is 2. The number of rotatable bonds is 3. The van der Waals surface area contributed by atoms with Gasteiger partial charge in [0.25, 0.3) is 0 Å². The van der Waals surface area contributed by atoms with Gasteiger partial charge >= 0.3 is 0 Å². The average Bonchev–Trinajstić information content (AvgIpc) is 2.76. The fourth-order valence-electron chi connectivity index (χ4n) is 3.85. The Bertz CT molecular complexity index is 1090. The number of hydrogen-bond acceptors (Lipinski definition) is 10. The number of phenolic OH excluding ortho intramolecular Hbond substituents is 3. The first-order valence-electron chi connectivity index (χ1n) is 9.74. The summed E-state index contributed by atoms with van der Waals surface area (Å²) in [7, 11) is 0. The molecule has 0 radical (unpaired) electrons. The van der Waals surface area contributed by atoms with E-state index in [2.05, 4.69) is 0 Å². The smallest absolute Gasteiger partial charge is 0.196 e. The van der Waals surface area contributed by atoms with Crippen LogP contribution in [0.1, 0.15) is 21.5 Å². The van der Waals surface area contributed by atoms with Gasteiger partial charge in [0.15, 0.2) is 17.3 Å². The number of carbonyl (C=O) groups excluding carboxylic acids is 1. The van der Waals surface area contributed by atoms with Gasteiger partial charge in [-0.25, -0.2) is 0 Å². The fourth-order valence-corrected chi connectivity index (χ4v) is 3.85. The lowest BCUT2D eigenvalue weighted by molar-refractivity contribution is -0.245. The minimum absolute atomic E-state index is 0.00213. The van der Waals surface area contributed by atoms with Crippen molar-refractivity contribution >= 4 is 11.9 Å². The van der Waals surface area contributed by atoms with E-state index in [1.54, 1.807) is 0 Å². The highest BCUT2D eigenvalue weighted by atomic mass is 16.5. The fraction of sp³-hybridized carbons (Fsp3) is 0.318. The number of carbonyl (C=O) groups is 1. The molecule has 4 atom stereocenters. The second-order valence-electron chi connectivity index (χ2n) is 7.79. The predicted molar refractivity (Wildman–Crippen MR) is 108 cm³/mol. The maximum absolute atomic E-state index is 13.1. The minimum Gasteiger partial charge on any atom is -0.507 e. The van der Waals surface area contributed by atoms with Gasteiger partial charge < -0.3 is 45.2 Å². The molecule has 10 nitrogen and oxygen atoms in total. The van der Waals surface area contributed by atoms with Gasteiger partial charge in [0, 0.05) is 17.2 Å². The molecule has 0 bridgehead atoms. The summed E-state index contributed by atoms with van der Waals surface area (Å²) < 4.78 is 10.8. The molecule has 32 heavy (non-hydrogen) atoms. The van der Waals surface area contributed by atoms with Crippen LogP contribution in [0.5, 0.6) is 23.0 Å². The second-order valence-corrected chi connectivity index (χ2v) is 7.79. The largest absolute Gasteiger partial charge is 0.507 e. The van der Waals surface area contributed by atoms with Gasteiger partial charge in [-0.05, 0) is 29.8 Å². The number of fused-ring (bicyclic) bond motifs is 1. The van der Waals surface area contributed by atoms with Crippen LogP contribution in [-0.2, 0) is 10.3 Å². The summed E-state index contributed by atoms with van der Waals surface area (Å²) in [6.45, 7) is -1.26. The highest BCUT2D eigenvalue weighted by molar-refractivity contribution is 6.14. The first kappa shape index (κ1) is 22.1. The number of ketones is 1. The van der Waals surface area contributed by atoms with Gasteiger partial charge in [0.2, 0.25) is 0 Å². The quantitative estimate of drug-likeness (QED) is 0.246. The third-order valence-electron chi connectivity index (χ3n) is 5.72. The van der Waals surface area contributed by atoms with Crippen molar-refractivity contribution < 1.29 is 50.0 Å². The zero-order chi connectivity index (χ0) is 23.2. The van der Waals surface area contributed by atoms with E-state index in [4.69, 9.17) is 9.47 Å². The molecule has 7 N–H and O–H groups in total. The second kappa shape index (κ2) is 8.08. The summed E-state index contributed by atoms with van der Waals surface area (Å²) in [5.74, 6) is -1.57. The number of aliphatic hydroxyl groups excluding tert-OH is 3. The van der Waals surface area contributed by atoms with Crippen LogP contribution >= 0.6 is 0 Å². The molecule has 170 valence electrons. The lowest BCUT2D eigenvalue weighted by Gasteiger charge is -2.43. The Balaban J connectivity index is 1.71. The molecule has 0 amide bonds. The van der Waals surface area contributed by atoms with E-state index in [-0.39, 0.29) is 40.6 Å². The van der Waals surface area contributed by atoms with Gasteiger partial charge in [-0.2, -0.15) is 0 Å². The van der Waals surface area contributed by atoms with E-state index in [9.17, 15) is 40.5 Å². The highest BCUT2D eigenvalue weighted by Crippen LogP contribution is 2.42. The molecule has 10 heteroatoms. The van der Waals surface area contributed by atoms with Gasteiger partial charge in [-0.1, -0.05) is 6.07 Å². The molecule has 0 aliphatic carbocycles. The summed E-state index contributed by atoms with van der Waals surface area (Å²) in [6.07, 6.45) is -3.11. The molecule has 1 saturated heterocycles. The molecule has 2 aromatic rings. The maximum atomic E-state index is 13.1. The zero-order valence-corrected chi connectivity index (χ0v) is 16.7. The predicted octanol–water partition coefficient (Wildman–Crippen LogP) is -0.237. The average molecular weight is 446 g/mol. The molecule has 0 spiro atoms. The van der Waals surface area contributed by atoms with Crippen LogP contribution in [-0.4, -0.2) is 79.7 Å². The maximum Gasteiger partial charge on any atom is 0.196 e. The van der Waals surface area contributed by atoms with E-state index < -0.39 is 48.7 Å². The van der Waals surface area contributed by atoms with Gasteiger partial charge in [0.1, 0.15) is 42.0 Å². The van der Waals surface area contributed by atoms with Crippen LogP contribution in [0, 0.1) is 0 Å². The minimum atomic E-state index is -2.26. The van der Waals surface area contributed by atoms with Crippen molar-refractivity contribution in [2.75, 3.05) is 19.8 Å². The van der Waals surface area contributed by atoms with Crippen molar-refractivity contribution in [3.05, 3.63) is 52.6 Å². The lowest BCUT2D eigenvalue weighted by Crippen LogP contribution is -2.60. The first-order chi connectivity index (χ1) is 15.2. The number of aliphatic hydroxyl groups is 4. The molecule has 2 aromatic carbocycles. The van der Waals surface area contributed by atoms with Crippen LogP contribution in [0.25, 0.3) is 6.08 Å². The van der Waals surface area contributed by atoms with Crippen LogP contribution in [0.3, 0.4) is 0 Å². The third-order valence-corrected chi connectivity index (χ3v) is 5.72. The lowest BCUT2D eigenvalue weighted by atomic mass is 9.80. The SMILES string of the molecule is O=C1/C(=C/c2ccc(O)c(O)c2)COc2cc(O)c(C3(O)COC(CO)C(O)C3O)cc21. The Labute approximate surface area is 181 Å². The first-order valence-corrected chi connectivity index (χ1v) is 9.74. The molecule has 2 aliphatic heterocycles. The van der Waals surface area contributed by atoms with E-state index >= 15 is 0 Å². The topological polar surface area (TPSA) is 177 Å². The molecule has 4 rings (SSSR count). The van der Waals surface area contributed by atoms with Crippen molar-refractivity contribution in [3.8, 4) is 23.0 Å². The summed E-state index contributed by atoms with van der Waals surface area (Å²) in [4.78, 5) is 13.1. The molecule has 1 fully saturated rings. The molecule has 2 heterocycles. The van der Waals surface area contributed by atoms with E-state index in [0.717, 1.165) is 12.1 Å². The van der Waals surface area contributed by atoms with E-state index in [0.29, 0.717) is 5.56 Å². The molecular formula is C22H22O10. The van der Waals surface area contributed by atoms with Crippen LogP contribution in [0.15, 0.2) is 35.9 Å². The summed E-state index contributed by atoms with van der Waals surface area (Å²) in [5, 5.41) is 70.4. The molecular weight excluding hydrogens is 424 g/mol. The number of Topliss-reactive ketones (excluding diaryl/α,β-unsaturated/α-hetero) is 1. The van der Waals surface area contributed by atoms with Crippen LogP contribution in [0.4, 0.5) is 0 Å². The highest BCUT2D eigenvalue weighted by Gasteiger charge is 2.51. The normalized spacial score (nSPS) is 28.9. The number of hydrogen-bond donors (Lipinski definition) is 7. The standard InChI is InChI=1S/C22H22O10/c23-7-18-20(28)21(29)22(30,9-32-18)13-5-12-17(6-15(13)25)31-8-11(19(12)27)3-10-1-2-14(24)16(26)4-10/h1-6,18,20-21,23-26,28-30H,7-9H2/b11-3+. The molecule has 2 aliphatic rings. The van der Waals surface area contributed by atoms with Gasteiger partial charge in [-0.3, -0.25) is 4.79 Å². The van der Waals surface area contributed by atoms with Crippen molar-refractivity contribution in [2.45, 2.75) is 23.9 Å². The van der Waals surface area contributed by atoms with Crippen molar-refractivity contribution in [3.63, 3.8) is 0 Å². The number of ether oxygens (including phenoxy) is 2. The monoisotopic (exact) mass is 446 g/mol. The zero-order valence-electron chi connectivity index (χ0n) is 16.7. The number of aromatic hydroxyl groups is 3. The van der Waals surface area contributed by atoms with Crippen LogP contribution in [0.2, 0.25) is 0 Å². The Hall–Kier alpha value is -3.15. The Morgan fingerprint density at radius 2 is 1.81 bits per heavy atom. The van der Waals surface area contributed by atoms with Crippen molar-refractivity contribution in [2.24, 2.45) is 0 Å². The summed E-state index contributed by atoms with van der Waals surface area (Å²) in [6, 6.07) is 6.31. The Kier molecular flexibility index (Phi) is 5.57. The summed E-state index contributed by atoms with van der Waals surface area (Å²) in [5.41, 5.74) is -1.87. The van der Waals surface area contributed by atoms with E-state index in [1.165, 1.54) is 24.3 Å². The Morgan fingerprint density at radius 1 is 1.06 bits per heavy atom. The van der Waals surface area contributed by atoms with Gasteiger partial charge in [0.05, 0.1) is 18.8 Å². The number of phenols is 3. The summed E-state index contributed by atoms with van der Waals surface area (Å²) >= 11 is 0. The van der Waals surface area contributed by atoms with Crippen molar-refractivity contribution in [1.82, 2.24) is 0 Å². The van der Waals surface area contributed by atoms with Crippen LogP contribution < -0.4 is 4.74 Å².